The Kier molecular flexibility index (Phi) is 13.1. The summed E-state index contributed by atoms with van der Waals surface area (Å²) in [6.45, 7) is 6.61. The van der Waals surface area contributed by atoms with Gasteiger partial charge < -0.3 is 14.8 Å². The van der Waals surface area contributed by atoms with E-state index in [0.29, 0.717) is 23.4 Å². The first-order valence-corrected chi connectivity index (χ1v) is 11.0. The van der Waals surface area contributed by atoms with Crippen LogP contribution in [-0.2, 0) is 20.8 Å². The SMILES string of the molecule is CC(=O)OCC1CCC(OC(=O)NCc2cccc(Cl)n2)CC1.CCCCCC. The Bertz CT molecular complexity index is 600. The van der Waals surface area contributed by atoms with Gasteiger partial charge in [0.1, 0.15) is 11.3 Å². The minimum atomic E-state index is -0.449. The van der Waals surface area contributed by atoms with Gasteiger partial charge in [-0.05, 0) is 43.7 Å². The number of hydrogen-bond acceptors (Lipinski definition) is 5. The fourth-order valence-electron chi connectivity index (χ4n) is 3.06. The van der Waals surface area contributed by atoms with Gasteiger partial charge in [0.2, 0.25) is 0 Å². The standard InChI is InChI=1S/C16H21ClN2O4.C6H14/c1-11(20)22-10-12-5-7-14(8-6-12)23-16(21)18-9-13-3-2-4-15(17)19-13;1-3-5-6-4-2/h2-4,12,14H,5-10H2,1H3,(H,18,21);3-6H2,1-2H3. The van der Waals surface area contributed by atoms with Crippen LogP contribution in [0.4, 0.5) is 4.79 Å². The highest BCUT2D eigenvalue weighted by molar-refractivity contribution is 6.29. The Labute approximate surface area is 179 Å². The zero-order valence-corrected chi connectivity index (χ0v) is 18.7. The van der Waals surface area contributed by atoms with Crippen LogP contribution in [0.2, 0.25) is 5.15 Å². The number of alkyl carbamates (subject to hydrolysis) is 1. The van der Waals surface area contributed by atoms with Crippen molar-refractivity contribution in [2.75, 3.05) is 6.61 Å². The number of amides is 1. The number of hydrogen-bond donors (Lipinski definition) is 1. The van der Waals surface area contributed by atoms with Crippen LogP contribution >= 0.6 is 11.6 Å². The van der Waals surface area contributed by atoms with Crippen molar-refractivity contribution < 1.29 is 19.1 Å². The zero-order chi connectivity index (χ0) is 21.5. The average Bonchev–Trinajstić information content (AvgIpc) is 2.71. The van der Waals surface area contributed by atoms with E-state index in [9.17, 15) is 9.59 Å². The predicted molar refractivity (Wildman–Crippen MR) is 115 cm³/mol. The Balaban J connectivity index is 0.000000612. The summed E-state index contributed by atoms with van der Waals surface area (Å²) in [4.78, 5) is 26.7. The van der Waals surface area contributed by atoms with E-state index in [1.807, 2.05) is 0 Å². The highest BCUT2D eigenvalue weighted by Gasteiger charge is 2.24. The molecule has 164 valence electrons. The molecule has 1 aromatic rings. The van der Waals surface area contributed by atoms with Gasteiger partial charge in [0, 0.05) is 6.92 Å². The molecule has 1 N–H and O–H groups in total. The lowest BCUT2D eigenvalue weighted by atomic mass is 9.88. The lowest BCUT2D eigenvalue weighted by molar-refractivity contribution is -0.142. The summed E-state index contributed by atoms with van der Waals surface area (Å²) in [6.07, 6.45) is 8.35. The van der Waals surface area contributed by atoms with Crippen molar-refractivity contribution in [1.29, 1.82) is 0 Å². The molecule has 2 rings (SSSR count). The molecule has 0 unspecified atom stereocenters. The highest BCUT2D eigenvalue weighted by Crippen LogP contribution is 2.26. The molecule has 0 aliphatic heterocycles. The summed E-state index contributed by atoms with van der Waals surface area (Å²) < 4.78 is 10.4. The number of esters is 1. The number of pyridine rings is 1. The fourth-order valence-corrected chi connectivity index (χ4v) is 3.24. The van der Waals surface area contributed by atoms with Crippen molar-refractivity contribution in [1.82, 2.24) is 10.3 Å². The summed E-state index contributed by atoms with van der Waals surface area (Å²) in [7, 11) is 0. The predicted octanol–water partition coefficient (Wildman–Crippen LogP) is 5.67. The molecule has 1 fully saturated rings. The maximum Gasteiger partial charge on any atom is 0.407 e. The van der Waals surface area contributed by atoms with Crippen molar-refractivity contribution in [3.05, 3.63) is 29.0 Å². The van der Waals surface area contributed by atoms with Crippen molar-refractivity contribution >= 4 is 23.7 Å². The third kappa shape index (κ3) is 12.4. The van der Waals surface area contributed by atoms with Gasteiger partial charge in [0.05, 0.1) is 18.8 Å². The molecule has 0 aromatic carbocycles. The van der Waals surface area contributed by atoms with E-state index in [1.165, 1.54) is 32.6 Å². The summed E-state index contributed by atoms with van der Waals surface area (Å²) in [5.41, 5.74) is 0.680. The summed E-state index contributed by atoms with van der Waals surface area (Å²) in [5.74, 6) is 0.106. The van der Waals surface area contributed by atoms with Gasteiger partial charge in [-0.15, -0.1) is 0 Å². The number of halogens is 1. The van der Waals surface area contributed by atoms with Crippen LogP contribution in [0.15, 0.2) is 18.2 Å². The molecular weight excluding hydrogens is 392 g/mol. The Morgan fingerprint density at radius 3 is 2.34 bits per heavy atom. The van der Waals surface area contributed by atoms with E-state index >= 15 is 0 Å². The number of carbonyl (C=O) groups excluding carboxylic acids is 2. The van der Waals surface area contributed by atoms with Crippen molar-refractivity contribution in [3.8, 4) is 0 Å². The Morgan fingerprint density at radius 1 is 1.14 bits per heavy atom. The number of rotatable bonds is 8. The molecule has 0 atom stereocenters. The van der Waals surface area contributed by atoms with Gasteiger partial charge in [-0.3, -0.25) is 4.79 Å². The van der Waals surface area contributed by atoms with E-state index in [0.717, 1.165) is 25.7 Å². The van der Waals surface area contributed by atoms with E-state index in [-0.39, 0.29) is 18.6 Å². The van der Waals surface area contributed by atoms with Gasteiger partial charge in [0.15, 0.2) is 0 Å². The summed E-state index contributed by atoms with van der Waals surface area (Å²) in [5, 5.41) is 3.07. The molecule has 1 saturated carbocycles. The van der Waals surface area contributed by atoms with Crippen molar-refractivity contribution in [3.63, 3.8) is 0 Å². The third-order valence-electron chi connectivity index (χ3n) is 4.73. The number of nitrogens with one attached hydrogen (secondary N) is 1. The number of carbonyl (C=O) groups is 2. The normalized spacial score (nSPS) is 18.2. The van der Waals surface area contributed by atoms with Crippen molar-refractivity contribution in [2.24, 2.45) is 5.92 Å². The second-order valence-electron chi connectivity index (χ2n) is 7.36. The molecule has 1 amide bonds. The molecule has 1 aliphatic carbocycles. The van der Waals surface area contributed by atoms with Crippen LogP contribution in [0, 0.1) is 5.92 Å². The van der Waals surface area contributed by atoms with Crippen LogP contribution in [0.3, 0.4) is 0 Å². The number of unbranched alkanes of at least 4 members (excludes halogenated alkanes) is 3. The second-order valence-corrected chi connectivity index (χ2v) is 7.75. The lowest BCUT2D eigenvalue weighted by Crippen LogP contribution is -2.32. The number of ether oxygens (including phenoxy) is 2. The molecule has 29 heavy (non-hydrogen) atoms. The number of aromatic nitrogens is 1. The van der Waals surface area contributed by atoms with Crippen LogP contribution in [0.1, 0.15) is 77.8 Å². The molecule has 0 radical (unpaired) electrons. The Hall–Kier alpha value is -1.82. The van der Waals surface area contributed by atoms with Gasteiger partial charge in [0.25, 0.3) is 0 Å². The zero-order valence-electron chi connectivity index (χ0n) is 17.9. The summed E-state index contributed by atoms with van der Waals surface area (Å²) >= 11 is 5.79. The first kappa shape index (κ1) is 25.2. The molecule has 1 aromatic heterocycles. The van der Waals surface area contributed by atoms with Gasteiger partial charge >= 0.3 is 12.1 Å². The largest absolute Gasteiger partial charge is 0.466 e. The minimum Gasteiger partial charge on any atom is -0.466 e. The average molecular weight is 427 g/mol. The first-order valence-electron chi connectivity index (χ1n) is 10.6. The Morgan fingerprint density at radius 2 is 1.79 bits per heavy atom. The van der Waals surface area contributed by atoms with E-state index < -0.39 is 6.09 Å². The van der Waals surface area contributed by atoms with Gasteiger partial charge in [-0.25, -0.2) is 9.78 Å². The van der Waals surface area contributed by atoms with E-state index in [1.54, 1.807) is 18.2 Å². The smallest absolute Gasteiger partial charge is 0.407 e. The maximum atomic E-state index is 11.8. The van der Waals surface area contributed by atoms with E-state index in [2.05, 4.69) is 24.1 Å². The monoisotopic (exact) mass is 426 g/mol. The molecule has 0 spiro atoms. The van der Waals surface area contributed by atoms with Crippen LogP contribution in [-0.4, -0.2) is 29.8 Å². The molecule has 0 bridgehead atoms. The first-order chi connectivity index (χ1) is 13.9. The quantitative estimate of drug-likeness (QED) is 0.329. The molecule has 0 saturated heterocycles. The van der Waals surface area contributed by atoms with Crippen LogP contribution < -0.4 is 5.32 Å². The van der Waals surface area contributed by atoms with Crippen LogP contribution in [0.25, 0.3) is 0 Å². The topological polar surface area (TPSA) is 77.5 Å². The molecule has 1 heterocycles. The maximum absolute atomic E-state index is 11.8. The number of nitrogens with zero attached hydrogens (tertiary/aromatic N) is 1. The highest BCUT2D eigenvalue weighted by atomic mass is 35.5. The third-order valence-corrected chi connectivity index (χ3v) is 4.94. The lowest BCUT2D eigenvalue weighted by Gasteiger charge is -2.27. The van der Waals surface area contributed by atoms with Gasteiger partial charge in [-0.2, -0.15) is 0 Å². The van der Waals surface area contributed by atoms with E-state index in [4.69, 9.17) is 21.1 Å². The second kappa shape index (κ2) is 15.1. The minimum absolute atomic E-state index is 0.0871. The van der Waals surface area contributed by atoms with Gasteiger partial charge in [-0.1, -0.05) is 57.2 Å². The van der Waals surface area contributed by atoms with Crippen LogP contribution in [0.5, 0.6) is 0 Å². The molecule has 6 nitrogen and oxygen atoms in total. The molecule has 7 heteroatoms. The molecular formula is C22H35ClN2O4. The fraction of sp³-hybridized carbons (Fsp3) is 0.682. The van der Waals surface area contributed by atoms with Crippen molar-refractivity contribution in [2.45, 2.75) is 84.8 Å². The summed E-state index contributed by atoms with van der Waals surface area (Å²) in [6, 6.07) is 5.24. The molecule has 1 aliphatic rings.